The topological polar surface area (TPSA) is 139 Å². The van der Waals surface area contributed by atoms with Crippen LogP contribution in [0.2, 0.25) is 0 Å². The fraction of sp³-hybridized carbons (Fsp3) is 0.917. The number of unbranched alkanes of at least 4 members (excludes halogenated alkanes) is 16. The summed E-state index contributed by atoms with van der Waals surface area (Å²) in [6.45, 7) is 6.56. The molecule has 278 valence electrons. The van der Waals surface area contributed by atoms with Crippen molar-refractivity contribution in [1.29, 1.82) is 0 Å². The van der Waals surface area contributed by atoms with E-state index in [4.69, 9.17) is 9.29 Å². The Hall–Kier alpha value is -1.72. The van der Waals surface area contributed by atoms with E-state index in [1.54, 1.807) is 6.92 Å². The third-order valence-electron chi connectivity index (χ3n) is 8.74. The van der Waals surface area contributed by atoms with Crippen molar-refractivity contribution < 1.29 is 36.6 Å². The van der Waals surface area contributed by atoms with Gasteiger partial charge in [-0.1, -0.05) is 90.4 Å². The molecule has 47 heavy (non-hydrogen) atoms. The van der Waals surface area contributed by atoms with Crippen LogP contribution in [0.25, 0.3) is 0 Å². The van der Waals surface area contributed by atoms with Crippen LogP contribution in [0.4, 0.5) is 0 Å². The van der Waals surface area contributed by atoms with Crippen LogP contribution in [0.5, 0.6) is 0 Å². The van der Waals surface area contributed by atoms with E-state index in [0.717, 1.165) is 88.2 Å². The Balaban J connectivity index is 3.95. The van der Waals surface area contributed by atoms with Crippen LogP contribution in [-0.2, 0) is 29.2 Å². The van der Waals surface area contributed by atoms with Gasteiger partial charge in [0.05, 0.1) is 39.5 Å². The first-order valence-corrected chi connectivity index (χ1v) is 20.5. The van der Waals surface area contributed by atoms with Crippen molar-refractivity contribution in [3.63, 3.8) is 0 Å². The summed E-state index contributed by atoms with van der Waals surface area (Å²) in [5, 5.41) is 5.86. The first kappa shape index (κ1) is 45.3. The third-order valence-corrected chi connectivity index (χ3v) is 9.54. The molecule has 0 bridgehead atoms. The number of carbonyl (C=O) groups excluding carboxylic acids is 3. The van der Waals surface area contributed by atoms with Crippen LogP contribution in [0.1, 0.15) is 162 Å². The minimum absolute atomic E-state index is 0.0930. The fourth-order valence-electron chi connectivity index (χ4n) is 5.82. The predicted octanol–water partition coefficient (Wildman–Crippen LogP) is 7.11. The van der Waals surface area contributed by atoms with Gasteiger partial charge in [0, 0.05) is 25.8 Å². The van der Waals surface area contributed by atoms with Gasteiger partial charge in [-0.05, 0) is 51.9 Å². The average molecular weight is 691 g/mol. The second-order valence-electron chi connectivity index (χ2n) is 13.9. The van der Waals surface area contributed by atoms with E-state index in [1.165, 1.54) is 44.9 Å². The summed E-state index contributed by atoms with van der Waals surface area (Å²) in [5.74, 6) is -0.593. The highest BCUT2D eigenvalue weighted by atomic mass is 32.2. The van der Waals surface area contributed by atoms with Gasteiger partial charge in [-0.25, -0.2) is 4.79 Å². The van der Waals surface area contributed by atoms with Gasteiger partial charge in [-0.2, -0.15) is 8.42 Å². The van der Waals surface area contributed by atoms with E-state index in [2.05, 4.69) is 31.7 Å². The Labute approximate surface area is 288 Å². The van der Waals surface area contributed by atoms with Gasteiger partial charge in [-0.15, -0.1) is 0 Å². The van der Waals surface area contributed by atoms with Crippen LogP contribution < -0.4 is 10.6 Å². The first-order chi connectivity index (χ1) is 22.4. The minimum Gasteiger partial charge on any atom is -0.464 e. The molecule has 0 aromatic rings. The molecule has 0 aliphatic rings. The molecule has 0 spiro atoms. The van der Waals surface area contributed by atoms with Gasteiger partial charge >= 0.3 is 5.97 Å². The van der Waals surface area contributed by atoms with Crippen molar-refractivity contribution in [2.75, 3.05) is 46.1 Å². The fourth-order valence-corrected chi connectivity index (χ4v) is 6.31. The maximum Gasteiger partial charge on any atom is 0.328 e. The van der Waals surface area contributed by atoms with Crippen molar-refractivity contribution in [2.24, 2.45) is 0 Å². The zero-order valence-electron chi connectivity index (χ0n) is 30.6. The molecule has 1 atom stereocenters. The first-order valence-electron chi connectivity index (χ1n) is 18.9. The molecule has 2 amide bonds. The Morgan fingerprint density at radius 1 is 0.660 bits per heavy atom. The summed E-state index contributed by atoms with van der Waals surface area (Å²) in [7, 11) is 0.308. The molecule has 0 saturated carbocycles. The van der Waals surface area contributed by atoms with Crippen LogP contribution in [0.3, 0.4) is 0 Å². The summed E-state index contributed by atoms with van der Waals surface area (Å²) in [6.07, 6.45) is 23.0. The average Bonchev–Trinajstić information content (AvgIpc) is 2.99. The standard InChI is InChI=1S/C36H71N3O7S/c1-5-7-8-9-10-11-14-17-20-27-34(40)37-29-23-22-26-33(36(42)46-6-2)38-35(41)28-21-18-15-12-13-16-19-24-30-39(3,4)31-25-32-47(43,44)45/h33H,5-32H2,1-4H3,(H2-,37,38,40,41,43,44,45)/p+1/t33-/m0/s1. The van der Waals surface area contributed by atoms with Crippen LogP contribution in [0, 0.1) is 0 Å². The smallest absolute Gasteiger partial charge is 0.328 e. The molecule has 0 fully saturated rings. The van der Waals surface area contributed by atoms with Gasteiger partial charge in [0.2, 0.25) is 11.8 Å². The van der Waals surface area contributed by atoms with Crippen molar-refractivity contribution in [3.8, 4) is 0 Å². The summed E-state index contributed by atoms with van der Waals surface area (Å²) >= 11 is 0. The molecular weight excluding hydrogens is 618 g/mol. The van der Waals surface area contributed by atoms with E-state index < -0.39 is 22.1 Å². The van der Waals surface area contributed by atoms with Gasteiger partial charge in [0.25, 0.3) is 10.1 Å². The molecule has 0 heterocycles. The Morgan fingerprint density at radius 2 is 1.15 bits per heavy atom. The van der Waals surface area contributed by atoms with E-state index in [9.17, 15) is 22.8 Å². The minimum atomic E-state index is -3.88. The lowest BCUT2D eigenvalue weighted by Crippen LogP contribution is -2.41. The van der Waals surface area contributed by atoms with Gasteiger partial charge in [0.15, 0.2) is 0 Å². The van der Waals surface area contributed by atoms with Gasteiger partial charge < -0.3 is 19.9 Å². The lowest BCUT2D eigenvalue weighted by Gasteiger charge is -2.29. The summed E-state index contributed by atoms with van der Waals surface area (Å²) in [5.41, 5.74) is 0. The molecule has 0 aromatic heterocycles. The lowest BCUT2D eigenvalue weighted by atomic mass is 10.1. The molecule has 0 aliphatic carbocycles. The third kappa shape index (κ3) is 31.3. The van der Waals surface area contributed by atoms with Crippen LogP contribution in [0.15, 0.2) is 0 Å². The number of hydrogen-bond acceptors (Lipinski definition) is 6. The maximum atomic E-state index is 12.5. The molecule has 0 rings (SSSR count). The number of carbonyl (C=O) groups is 3. The molecule has 0 unspecified atom stereocenters. The van der Waals surface area contributed by atoms with E-state index >= 15 is 0 Å². The molecule has 0 radical (unpaired) electrons. The number of esters is 1. The molecule has 11 heteroatoms. The van der Waals surface area contributed by atoms with Crippen molar-refractivity contribution in [1.82, 2.24) is 10.6 Å². The summed E-state index contributed by atoms with van der Waals surface area (Å²) in [4.78, 5) is 37.1. The van der Waals surface area contributed by atoms with Crippen molar-refractivity contribution >= 4 is 27.9 Å². The quantitative estimate of drug-likeness (QED) is 0.0289. The molecule has 0 aliphatic heterocycles. The summed E-state index contributed by atoms with van der Waals surface area (Å²) in [6, 6.07) is -0.647. The van der Waals surface area contributed by atoms with E-state index in [0.29, 0.717) is 38.6 Å². The normalized spacial score (nSPS) is 12.5. The number of rotatable bonds is 33. The Kier molecular flexibility index (Phi) is 28.1. The Morgan fingerprint density at radius 3 is 1.68 bits per heavy atom. The predicted molar refractivity (Wildman–Crippen MR) is 192 cm³/mol. The van der Waals surface area contributed by atoms with Crippen LogP contribution >= 0.6 is 0 Å². The Bertz CT molecular complexity index is 912. The van der Waals surface area contributed by atoms with Crippen molar-refractivity contribution in [3.05, 3.63) is 0 Å². The molecule has 10 nitrogen and oxygen atoms in total. The SMILES string of the molecule is CCCCCCCCCCCC(=O)NCCCC[C@H](NC(=O)CCCCCCCCCC[N+](C)(C)CCCS(=O)(=O)O)C(=O)OCC. The summed E-state index contributed by atoms with van der Waals surface area (Å²) < 4.78 is 36.6. The highest BCUT2D eigenvalue weighted by molar-refractivity contribution is 7.85. The highest BCUT2D eigenvalue weighted by Crippen LogP contribution is 2.13. The zero-order valence-corrected chi connectivity index (χ0v) is 31.4. The van der Waals surface area contributed by atoms with Gasteiger partial charge in [-0.3, -0.25) is 14.1 Å². The number of amides is 2. The number of ether oxygens (including phenoxy) is 1. The second-order valence-corrected chi connectivity index (χ2v) is 15.5. The molecule has 3 N–H and O–H groups in total. The second kappa shape index (κ2) is 29.2. The molecular formula is C36H72N3O7S+. The molecule has 0 saturated heterocycles. The number of hydrogen-bond donors (Lipinski definition) is 3. The monoisotopic (exact) mass is 691 g/mol. The lowest BCUT2D eigenvalue weighted by molar-refractivity contribution is -0.890. The largest absolute Gasteiger partial charge is 0.464 e. The van der Waals surface area contributed by atoms with Crippen LogP contribution in [-0.4, -0.2) is 87.4 Å². The number of nitrogens with zero attached hydrogens (tertiary/aromatic N) is 1. The maximum absolute atomic E-state index is 12.5. The van der Waals surface area contributed by atoms with Crippen molar-refractivity contribution in [2.45, 2.75) is 168 Å². The zero-order chi connectivity index (χ0) is 35.2. The number of quaternary nitrogens is 1. The highest BCUT2D eigenvalue weighted by Gasteiger charge is 2.21. The van der Waals surface area contributed by atoms with E-state index in [-0.39, 0.29) is 24.2 Å². The van der Waals surface area contributed by atoms with Gasteiger partial charge in [0.1, 0.15) is 6.04 Å². The molecule has 0 aromatic carbocycles. The van der Waals surface area contributed by atoms with E-state index in [1.807, 2.05) is 0 Å². The number of nitrogens with one attached hydrogen (secondary N) is 2.